The Kier molecular flexibility index (Phi) is 6.02. The third kappa shape index (κ3) is 6.01. The minimum absolute atomic E-state index is 0.0904. The molecule has 0 aromatic heterocycles. The largest absolute Gasteiger partial charge is 0.480 e. The molecule has 19 heavy (non-hydrogen) atoms. The molecule has 0 fully saturated rings. The number of hydrogen-bond acceptors (Lipinski definition) is 3. The van der Waals surface area contributed by atoms with Crippen molar-refractivity contribution in [1.29, 1.82) is 0 Å². The Morgan fingerprint density at radius 2 is 1.63 bits per heavy atom. The predicted octanol–water partition coefficient (Wildman–Crippen LogP) is 1.48. The molecular formula is C14H19NO4. The SMILES string of the molecule is CC(CCc1ccccc1)N(CC(=O)O)CC(=O)O. The van der Waals surface area contributed by atoms with Crippen molar-refractivity contribution in [3.8, 4) is 0 Å². The molecule has 5 heteroatoms. The van der Waals surface area contributed by atoms with Crippen LogP contribution in [0.25, 0.3) is 0 Å². The van der Waals surface area contributed by atoms with Crippen LogP contribution in [0.2, 0.25) is 0 Å². The van der Waals surface area contributed by atoms with E-state index in [1.54, 1.807) is 0 Å². The van der Waals surface area contributed by atoms with E-state index in [4.69, 9.17) is 10.2 Å². The Morgan fingerprint density at radius 1 is 1.11 bits per heavy atom. The topological polar surface area (TPSA) is 77.8 Å². The highest BCUT2D eigenvalue weighted by molar-refractivity contribution is 5.72. The van der Waals surface area contributed by atoms with Crippen molar-refractivity contribution in [1.82, 2.24) is 4.90 Å². The fraction of sp³-hybridized carbons (Fsp3) is 0.429. The molecule has 104 valence electrons. The van der Waals surface area contributed by atoms with Crippen LogP contribution in [-0.2, 0) is 16.0 Å². The molecule has 0 amide bonds. The van der Waals surface area contributed by atoms with Crippen LogP contribution in [0.1, 0.15) is 18.9 Å². The standard InChI is InChI=1S/C14H19NO4/c1-11(7-8-12-5-3-2-4-6-12)15(9-13(16)17)10-14(18)19/h2-6,11H,7-10H2,1H3,(H,16,17)(H,18,19). The van der Waals surface area contributed by atoms with E-state index in [-0.39, 0.29) is 19.1 Å². The van der Waals surface area contributed by atoms with E-state index in [1.807, 2.05) is 37.3 Å². The minimum atomic E-state index is -1.01. The third-order valence-electron chi connectivity index (χ3n) is 2.99. The monoisotopic (exact) mass is 265 g/mol. The maximum atomic E-state index is 10.7. The van der Waals surface area contributed by atoms with Crippen LogP contribution in [0.15, 0.2) is 30.3 Å². The lowest BCUT2D eigenvalue weighted by molar-refractivity contribution is -0.142. The van der Waals surface area contributed by atoms with Crippen LogP contribution in [0.4, 0.5) is 0 Å². The van der Waals surface area contributed by atoms with Gasteiger partial charge in [-0.3, -0.25) is 14.5 Å². The van der Waals surface area contributed by atoms with Crippen LogP contribution >= 0.6 is 0 Å². The zero-order valence-corrected chi connectivity index (χ0v) is 11.0. The number of carboxylic acids is 2. The fourth-order valence-corrected chi connectivity index (χ4v) is 1.92. The van der Waals surface area contributed by atoms with Gasteiger partial charge in [-0.1, -0.05) is 30.3 Å². The fourth-order valence-electron chi connectivity index (χ4n) is 1.92. The van der Waals surface area contributed by atoms with E-state index in [9.17, 15) is 9.59 Å². The zero-order chi connectivity index (χ0) is 14.3. The number of carboxylic acid groups (broad SMARTS) is 2. The second-order valence-electron chi connectivity index (χ2n) is 4.57. The second kappa shape index (κ2) is 7.53. The molecule has 0 saturated carbocycles. The summed E-state index contributed by atoms with van der Waals surface area (Å²) in [5, 5.41) is 17.6. The molecule has 0 spiro atoms. The molecule has 0 bridgehead atoms. The normalized spacial score (nSPS) is 12.3. The molecule has 1 aromatic rings. The van der Waals surface area contributed by atoms with Gasteiger partial charge in [0.25, 0.3) is 0 Å². The Morgan fingerprint density at radius 3 is 2.11 bits per heavy atom. The van der Waals surface area contributed by atoms with E-state index in [0.717, 1.165) is 12.8 Å². The smallest absolute Gasteiger partial charge is 0.317 e. The van der Waals surface area contributed by atoms with Gasteiger partial charge in [0.05, 0.1) is 13.1 Å². The predicted molar refractivity (Wildman–Crippen MR) is 71.1 cm³/mol. The summed E-state index contributed by atoms with van der Waals surface area (Å²) in [6.45, 7) is 1.36. The van der Waals surface area contributed by atoms with Gasteiger partial charge in [0, 0.05) is 6.04 Å². The van der Waals surface area contributed by atoms with Gasteiger partial charge < -0.3 is 10.2 Å². The Bertz CT molecular complexity index is 403. The molecule has 0 aliphatic rings. The average molecular weight is 265 g/mol. The summed E-state index contributed by atoms with van der Waals surface area (Å²) < 4.78 is 0. The summed E-state index contributed by atoms with van der Waals surface area (Å²) >= 11 is 0. The van der Waals surface area contributed by atoms with Crippen LogP contribution in [0, 0.1) is 0 Å². The lowest BCUT2D eigenvalue weighted by Crippen LogP contribution is -2.41. The Labute approximate surface area is 112 Å². The van der Waals surface area contributed by atoms with E-state index in [1.165, 1.54) is 10.5 Å². The molecule has 1 atom stereocenters. The highest BCUT2D eigenvalue weighted by Crippen LogP contribution is 2.09. The van der Waals surface area contributed by atoms with E-state index >= 15 is 0 Å². The first-order valence-corrected chi connectivity index (χ1v) is 6.20. The second-order valence-corrected chi connectivity index (χ2v) is 4.57. The number of benzene rings is 1. The summed E-state index contributed by atoms with van der Waals surface area (Å²) in [5.74, 6) is -2.01. The van der Waals surface area contributed by atoms with E-state index < -0.39 is 11.9 Å². The molecule has 0 saturated heterocycles. The van der Waals surface area contributed by atoms with E-state index in [2.05, 4.69) is 0 Å². The van der Waals surface area contributed by atoms with Crippen molar-refractivity contribution < 1.29 is 19.8 Å². The van der Waals surface area contributed by atoms with Crippen molar-refractivity contribution in [3.05, 3.63) is 35.9 Å². The minimum Gasteiger partial charge on any atom is -0.480 e. The maximum Gasteiger partial charge on any atom is 0.317 e. The van der Waals surface area contributed by atoms with Crippen molar-refractivity contribution in [2.45, 2.75) is 25.8 Å². The van der Waals surface area contributed by atoms with Gasteiger partial charge in [-0.15, -0.1) is 0 Å². The maximum absolute atomic E-state index is 10.7. The summed E-state index contributed by atoms with van der Waals surface area (Å²) in [7, 11) is 0. The molecule has 1 aromatic carbocycles. The summed E-state index contributed by atoms with van der Waals surface area (Å²) in [5.41, 5.74) is 1.17. The van der Waals surface area contributed by atoms with Crippen LogP contribution in [-0.4, -0.2) is 46.2 Å². The summed E-state index contributed by atoms with van der Waals surface area (Å²) in [6.07, 6.45) is 1.53. The van der Waals surface area contributed by atoms with Gasteiger partial charge in [-0.2, -0.15) is 0 Å². The molecule has 1 unspecified atom stereocenters. The average Bonchev–Trinajstić information content (AvgIpc) is 2.35. The number of aliphatic carboxylic acids is 2. The molecule has 0 aliphatic heterocycles. The summed E-state index contributed by atoms with van der Waals surface area (Å²) in [6, 6.07) is 9.76. The quantitative estimate of drug-likeness (QED) is 0.744. The van der Waals surface area contributed by atoms with Crippen molar-refractivity contribution >= 4 is 11.9 Å². The van der Waals surface area contributed by atoms with Crippen LogP contribution in [0.3, 0.4) is 0 Å². The van der Waals surface area contributed by atoms with Gasteiger partial charge in [-0.25, -0.2) is 0 Å². The number of aryl methyl sites for hydroxylation is 1. The number of hydrogen-bond donors (Lipinski definition) is 2. The molecule has 0 aliphatic carbocycles. The zero-order valence-electron chi connectivity index (χ0n) is 11.0. The Hall–Kier alpha value is -1.88. The molecule has 1 rings (SSSR count). The lowest BCUT2D eigenvalue weighted by Gasteiger charge is -2.25. The van der Waals surface area contributed by atoms with Gasteiger partial charge >= 0.3 is 11.9 Å². The highest BCUT2D eigenvalue weighted by atomic mass is 16.4. The molecule has 0 heterocycles. The first-order valence-electron chi connectivity index (χ1n) is 6.20. The molecule has 5 nitrogen and oxygen atoms in total. The van der Waals surface area contributed by atoms with Gasteiger partial charge in [-0.05, 0) is 25.3 Å². The summed E-state index contributed by atoms with van der Waals surface area (Å²) in [4.78, 5) is 22.9. The highest BCUT2D eigenvalue weighted by Gasteiger charge is 2.19. The molecule has 0 radical (unpaired) electrons. The number of rotatable bonds is 8. The van der Waals surface area contributed by atoms with E-state index in [0.29, 0.717) is 0 Å². The first-order chi connectivity index (χ1) is 8.99. The van der Waals surface area contributed by atoms with Crippen molar-refractivity contribution in [3.63, 3.8) is 0 Å². The van der Waals surface area contributed by atoms with Crippen LogP contribution in [0.5, 0.6) is 0 Å². The van der Waals surface area contributed by atoms with Gasteiger partial charge in [0.2, 0.25) is 0 Å². The third-order valence-corrected chi connectivity index (χ3v) is 2.99. The lowest BCUT2D eigenvalue weighted by atomic mass is 10.1. The first kappa shape index (κ1) is 15.2. The van der Waals surface area contributed by atoms with Crippen molar-refractivity contribution in [2.75, 3.05) is 13.1 Å². The van der Waals surface area contributed by atoms with Gasteiger partial charge in [0.1, 0.15) is 0 Å². The number of nitrogens with zero attached hydrogens (tertiary/aromatic N) is 1. The molecular weight excluding hydrogens is 246 g/mol. The van der Waals surface area contributed by atoms with Crippen LogP contribution < -0.4 is 0 Å². The molecule has 2 N–H and O–H groups in total. The number of carbonyl (C=O) groups is 2. The van der Waals surface area contributed by atoms with Gasteiger partial charge in [0.15, 0.2) is 0 Å². The van der Waals surface area contributed by atoms with Crippen molar-refractivity contribution in [2.24, 2.45) is 0 Å². The Balaban J connectivity index is 2.53.